The van der Waals surface area contributed by atoms with Crippen LogP contribution in [0, 0.1) is 12.8 Å². The van der Waals surface area contributed by atoms with Crippen LogP contribution >= 0.6 is 0 Å². The third kappa shape index (κ3) is 4.24. The molecule has 2 amide bonds. The average Bonchev–Trinajstić information content (AvgIpc) is 3.32. The van der Waals surface area contributed by atoms with Gasteiger partial charge in [-0.05, 0) is 51.6 Å². The fourth-order valence-corrected chi connectivity index (χ4v) is 4.64. The summed E-state index contributed by atoms with van der Waals surface area (Å²) in [6.45, 7) is 7.09. The smallest absolute Gasteiger partial charge is 0.275 e. The minimum atomic E-state index is -0.0860. The number of piperidine rings is 1. The molecule has 0 spiro atoms. The topological polar surface area (TPSA) is 69.9 Å². The quantitative estimate of drug-likeness (QED) is 0.748. The summed E-state index contributed by atoms with van der Waals surface area (Å²) >= 11 is 0. The number of nitrogens with zero attached hydrogens (tertiary/aromatic N) is 4. The Morgan fingerprint density at radius 2 is 1.93 bits per heavy atom. The lowest BCUT2D eigenvalue weighted by molar-refractivity contribution is -0.141. The number of likely N-dealkylation sites (tertiary alicyclic amines) is 2. The van der Waals surface area contributed by atoms with Crippen LogP contribution in [-0.4, -0.2) is 76.8 Å². The molecule has 3 aliphatic rings. The van der Waals surface area contributed by atoms with Crippen LogP contribution in [0.5, 0.6) is 0 Å². The van der Waals surface area contributed by atoms with Crippen molar-refractivity contribution < 1.29 is 14.0 Å². The van der Waals surface area contributed by atoms with E-state index in [0.29, 0.717) is 24.0 Å². The lowest BCUT2D eigenvalue weighted by Crippen LogP contribution is -2.55. The van der Waals surface area contributed by atoms with E-state index in [0.717, 1.165) is 64.8 Å². The molecule has 1 atom stereocenters. The zero-order valence-electron chi connectivity index (χ0n) is 16.9. The molecule has 28 heavy (non-hydrogen) atoms. The highest BCUT2D eigenvalue weighted by molar-refractivity contribution is 5.92. The maximum absolute atomic E-state index is 13.2. The second-order valence-electron chi connectivity index (χ2n) is 8.51. The van der Waals surface area contributed by atoms with E-state index in [1.54, 1.807) is 6.92 Å². The summed E-state index contributed by atoms with van der Waals surface area (Å²) in [4.78, 5) is 36.6. The van der Waals surface area contributed by atoms with Crippen LogP contribution in [0.1, 0.15) is 61.3 Å². The van der Waals surface area contributed by atoms with E-state index in [1.165, 1.54) is 19.1 Å². The Morgan fingerprint density at radius 1 is 1.14 bits per heavy atom. The summed E-state index contributed by atoms with van der Waals surface area (Å²) in [6.07, 6.45) is 9.06. The van der Waals surface area contributed by atoms with Gasteiger partial charge in [-0.15, -0.1) is 0 Å². The number of rotatable bonds is 6. The van der Waals surface area contributed by atoms with Crippen molar-refractivity contribution in [3.8, 4) is 0 Å². The first-order valence-electron chi connectivity index (χ1n) is 10.9. The molecule has 0 N–H and O–H groups in total. The first-order chi connectivity index (χ1) is 13.6. The van der Waals surface area contributed by atoms with Gasteiger partial charge in [0.15, 0.2) is 11.6 Å². The van der Waals surface area contributed by atoms with E-state index in [2.05, 4.69) is 14.8 Å². The summed E-state index contributed by atoms with van der Waals surface area (Å²) in [7, 11) is 0. The highest BCUT2D eigenvalue weighted by Gasteiger charge is 2.36. The molecule has 3 fully saturated rings. The fourth-order valence-electron chi connectivity index (χ4n) is 4.64. The van der Waals surface area contributed by atoms with Gasteiger partial charge in [0.1, 0.15) is 6.26 Å². The highest BCUT2D eigenvalue weighted by atomic mass is 16.3. The van der Waals surface area contributed by atoms with Gasteiger partial charge < -0.3 is 19.1 Å². The Balaban J connectivity index is 1.43. The van der Waals surface area contributed by atoms with Crippen molar-refractivity contribution in [1.82, 2.24) is 19.7 Å². The standard InChI is InChI=1S/C21H32N4O3/c1-16-22-19(15-28-16)21(27)24-11-5-8-18(14-24)25(20(26)17-6-4-7-17)13-12-23-9-2-3-10-23/h15,17-18H,2-14H2,1H3. The Morgan fingerprint density at radius 3 is 2.57 bits per heavy atom. The molecule has 4 rings (SSSR count). The number of hydrogen-bond donors (Lipinski definition) is 0. The minimum absolute atomic E-state index is 0.0860. The van der Waals surface area contributed by atoms with Crippen molar-refractivity contribution in [3.63, 3.8) is 0 Å². The van der Waals surface area contributed by atoms with Gasteiger partial charge in [0.05, 0.1) is 0 Å². The molecule has 2 saturated heterocycles. The maximum Gasteiger partial charge on any atom is 0.275 e. The number of hydrogen-bond acceptors (Lipinski definition) is 5. The number of carbonyl (C=O) groups excluding carboxylic acids is 2. The zero-order chi connectivity index (χ0) is 19.5. The SMILES string of the molecule is Cc1nc(C(=O)N2CCCC(N(CCN3CCCC3)C(=O)C3CCC3)C2)co1. The van der Waals surface area contributed by atoms with E-state index in [1.807, 2.05) is 4.90 Å². The summed E-state index contributed by atoms with van der Waals surface area (Å²) in [6, 6.07) is 0.112. The third-order valence-corrected chi connectivity index (χ3v) is 6.56. The number of oxazole rings is 1. The second kappa shape index (κ2) is 8.64. The molecule has 3 heterocycles. The first kappa shape index (κ1) is 19.4. The Kier molecular flexibility index (Phi) is 5.99. The molecule has 1 aromatic rings. The molecule has 1 unspecified atom stereocenters. The van der Waals surface area contributed by atoms with Crippen molar-refractivity contribution >= 4 is 11.8 Å². The van der Waals surface area contributed by atoms with Crippen molar-refractivity contribution in [2.75, 3.05) is 39.3 Å². The molecular weight excluding hydrogens is 356 g/mol. The van der Waals surface area contributed by atoms with Crippen LogP contribution in [0.3, 0.4) is 0 Å². The van der Waals surface area contributed by atoms with Crippen LogP contribution in [-0.2, 0) is 4.79 Å². The van der Waals surface area contributed by atoms with E-state index in [-0.39, 0.29) is 17.9 Å². The van der Waals surface area contributed by atoms with Gasteiger partial charge in [0, 0.05) is 45.1 Å². The van der Waals surface area contributed by atoms with Crippen LogP contribution in [0.15, 0.2) is 10.7 Å². The van der Waals surface area contributed by atoms with E-state index >= 15 is 0 Å². The summed E-state index contributed by atoms with van der Waals surface area (Å²) in [5, 5.41) is 0. The van der Waals surface area contributed by atoms with Crippen molar-refractivity contribution in [2.45, 2.75) is 57.9 Å². The predicted molar refractivity (Wildman–Crippen MR) is 105 cm³/mol. The predicted octanol–water partition coefficient (Wildman–Crippen LogP) is 2.31. The Hall–Kier alpha value is -1.89. The molecule has 2 aliphatic heterocycles. The van der Waals surface area contributed by atoms with Crippen LogP contribution in [0.4, 0.5) is 0 Å². The first-order valence-corrected chi connectivity index (χ1v) is 10.9. The monoisotopic (exact) mass is 388 g/mol. The van der Waals surface area contributed by atoms with E-state index in [4.69, 9.17) is 4.42 Å². The van der Waals surface area contributed by atoms with Gasteiger partial charge in [0.25, 0.3) is 5.91 Å². The van der Waals surface area contributed by atoms with Gasteiger partial charge in [-0.1, -0.05) is 6.42 Å². The molecule has 1 saturated carbocycles. The van der Waals surface area contributed by atoms with Gasteiger partial charge in [-0.25, -0.2) is 4.98 Å². The van der Waals surface area contributed by atoms with Crippen LogP contribution < -0.4 is 0 Å². The largest absolute Gasteiger partial charge is 0.448 e. The van der Waals surface area contributed by atoms with Gasteiger partial charge in [-0.2, -0.15) is 0 Å². The van der Waals surface area contributed by atoms with Crippen molar-refractivity contribution in [3.05, 3.63) is 17.8 Å². The Bertz CT molecular complexity index is 694. The van der Waals surface area contributed by atoms with Crippen LogP contribution in [0.25, 0.3) is 0 Å². The van der Waals surface area contributed by atoms with Crippen molar-refractivity contribution in [1.29, 1.82) is 0 Å². The van der Waals surface area contributed by atoms with Gasteiger partial charge in [0.2, 0.25) is 5.91 Å². The third-order valence-electron chi connectivity index (χ3n) is 6.56. The molecule has 1 aliphatic carbocycles. The molecule has 7 nitrogen and oxygen atoms in total. The van der Waals surface area contributed by atoms with Crippen molar-refractivity contribution in [2.24, 2.45) is 5.92 Å². The number of carbonyl (C=O) groups is 2. The average molecular weight is 389 g/mol. The zero-order valence-corrected chi connectivity index (χ0v) is 16.9. The summed E-state index contributed by atoms with van der Waals surface area (Å²) < 4.78 is 5.21. The minimum Gasteiger partial charge on any atom is -0.448 e. The molecule has 0 aromatic carbocycles. The fraction of sp³-hybridized carbons (Fsp3) is 0.762. The van der Waals surface area contributed by atoms with E-state index < -0.39 is 0 Å². The number of aromatic nitrogens is 1. The molecular formula is C21H32N4O3. The lowest BCUT2D eigenvalue weighted by Gasteiger charge is -2.42. The normalized spacial score (nSPS) is 23.6. The van der Waals surface area contributed by atoms with Gasteiger partial charge in [-0.3, -0.25) is 9.59 Å². The van der Waals surface area contributed by atoms with E-state index in [9.17, 15) is 9.59 Å². The molecule has 0 radical (unpaired) electrons. The molecule has 154 valence electrons. The Labute approximate surface area is 167 Å². The van der Waals surface area contributed by atoms with Gasteiger partial charge >= 0.3 is 0 Å². The molecule has 0 bridgehead atoms. The molecule has 1 aromatic heterocycles. The number of amides is 2. The van der Waals surface area contributed by atoms with Crippen LogP contribution in [0.2, 0.25) is 0 Å². The molecule has 7 heteroatoms. The second-order valence-corrected chi connectivity index (χ2v) is 8.51. The summed E-state index contributed by atoms with van der Waals surface area (Å²) in [5.41, 5.74) is 0.368. The summed E-state index contributed by atoms with van der Waals surface area (Å²) in [5.74, 6) is 0.923. The lowest BCUT2D eigenvalue weighted by atomic mass is 9.83. The highest BCUT2D eigenvalue weighted by Crippen LogP contribution is 2.30. The number of aryl methyl sites for hydroxylation is 1. The maximum atomic E-state index is 13.2.